The van der Waals surface area contributed by atoms with E-state index in [-0.39, 0.29) is 29.0 Å². The largest absolute Gasteiger partial charge is 0.493 e. The molecule has 8 heteroatoms. The Labute approximate surface area is 157 Å². The van der Waals surface area contributed by atoms with E-state index in [1.54, 1.807) is 0 Å². The molecule has 0 N–H and O–H groups in total. The molecule has 0 atom stereocenters. The molecule has 26 heavy (non-hydrogen) atoms. The fourth-order valence-corrected chi connectivity index (χ4v) is 2.26. The van der Waals surface area contributed by atoms with Crippen LogP contribution in [0.15, 0.2) is 16.7 Å². The van der Waals surface area contributed by atoms with Crippen LogP contribution < -0.4 is 9.47 Å². The number of rotatable bonds is 8. The Morgan fingerprint density at radius 1 is 1.27 bits per heavy atom. The van der Waals surface area contributed by atoms with E-state index in [1.165, 1.54) is 19.2 Å². The van der Waals surface area contributed by atoms with Crippen molar-refractivity contribution in [1.29, 1.82) is 0 Å². The summed E-state index contributed by atoms with van der Waals surface area (Å²) in [6.07, 6.45) is 0. The minimum Gasteiger partial charge on any atom is -0.493 e. The van der Waals surface area contributed by atoms with Crippen molar-refractivity contribution in [3.05, 3.63) is 34.4 Å². The lowest BCUT2D eigenvalue weighted by molar-refractivity contribution is 0.0429. The summed E-state index contributed by atoms with van der Waals surface area (Å²) in [5.74, 6) is 1.44. The number of aromatic nitrogens is 2. The molecule has 0 spiro atoms. The molecule has 0 amide bonds. The third kappa shape index (κ3) is 5.11. The molecule has 0 aliphatic carbocycles. The van der Waals surface area contributed by atoms with Crippen molar-refractivity contribution < 1.29 is 23.5 Å². The summed E-state index contributed by atoms with van der Waals surface area (Å²) in [4.78, 5) is 16.4. The fourth-order valence-electron chi connectivity index (χ4n) is 2.00. The average Bonchev–Trinajstić information content (AvgIpc) is 3.07. The SMILES string of the molecule is COc1cc(C(=O)OCc2nc(C(C)C)no2)cc(Cl)c1OCC(C)C. The summed E-state index contributed by atoms with van der Waals surface area (Å²) < 4.78 is 21.2. The van der Waals surface area contributed by atoms with Crippen LogP contribution in [0.1, 0.15) is 55.7 Å². The van der Waals surface area contributed by atoms with Crippen molar-refractivity contribution in [3.8, 4) is 11.5 Å². The summed E-state index contributed by atoms with van der Waals surface area (Å²) in [6, 6.07) is 3.01. The second-order valence-electron chi connectivity index (χ2n) is 6.47. The van der Waals surface area contributed by atoms with Gasteiger partial charge in [0.2, 0.25) is 0 Å². The van der Waals surface area contributed by atoms with Crippen molar-refractivity contribution in [1.82, 2.24) is 10.1 Å². The molecular formula is C18H23ClN2O5. The zero-order valence-corrected chi connectivity index (χ0v) is 16.3. The first-order chi connectivity index (χ1) is 12.3. The van der Waals surface area contributed by atoms with Gasteiger partial charge < -0.3 is 18.7 Å². The Balaban J connectivity index is 2.09. The molecule has 0 unspecified atom stereocenters. The van der Waals surface area contributed by atoms with Gasteiger partial charge in [-0.15, -0.1) is 0 Å². The number of methoxy groups -OCH3 is 1. The van der Waals surface area contributed by atoms with E-state index >= 15 is 0 Å². The van der Waals surface area contributed by atoms with Gasteiger partial charge in [-0.05, 0) is 18.1 Å². The highest BCUT2D eigenvalue weighted by Crippen LogP contribution is 2.37. The number of hydrogen-bond acceptors (Lipinski definition) is 7. The maximum absolute atomic E-state index is 12.3. The fraction of sp³-hybridized carbons (Fsp3) is 0.500. The molecule has 1 aromatic carbocycles. The topological polar surface area (TPSA) is 83.7 Å². The van der Waals surface area contributed by atoms with E-state index in [0.717, 1.165) is 0 Å². The van der Waals surface area contributed by atoms with E-state index in [2.05, 4.69) is 10.1 Å². The zero-order valence-electron chi connectivity index (χ0n) is 15.5. The van der Waals surface area contributed by atoms with Gasteiger partial charge in [0.25, 0.3) is 5.89 Å². The highest BCUT2D eigenvalue weighted by molar-refractivity contribution is 6.32. The van der Waals surface area contributed by atoms with Crippen molar-refractivity contribution in [3.63, 3.8) is 0 Å². The molecule has 7 nitrogen and oxygen atoms in total. The number of carbonyl (C=O) groups excluding carboxylic acids is 1. The molecule has 2 aromatic rings. The van der Waals surface area contributed by atoms with E-state index < -0.39 is 5.97 Å². The molecule has 1 aromatic heterocycles. The molecule has 0 saturated carbocycles. The number of ether oxygens (including phenoxy) is 3. The lowest BCUT2D eigenvalue weighted by atomic mass is 10.2. The van der Waals surface area contributed by atoms with Gasteiger partial charge in [0.15, 0.2) is 23.9 Å². The number of hydrogen-bond donors (Lipinski definition) is 0. The normalized spacial score (nSPS) is 11.1. The Bertz CT molecular complexity index is 758. The van der Waals surface area contributed by atoms with Crippen molar-refractivity contribution in [2.75, 3.05) is 13.7 Å². The summed E-state index contributed by atoms with van der Waals surface area (Å²) in [5.41, 5.74) is 0.243. The number of nitrogens with zero attached hydrogens (tertiary/aromatic N) is 2. The van der Waals surface area contributed by atoms with Gasteiger partial charge in [0.1, 0.15) is 0 Å². The van der Waals surface area contributed by atoms with Gasteiger partial charge in [0.05, 0.1) is 24.3 Å². The number of halogens is 1. The molecular weight excluding hydrogens is 360 g/mol. The van der Waals surface area contributed by atoms with Gasteiger partial charge in [-0.3, -0.25) is 0 Å². The van der Waals surface area contributed by atoms with Crippen LogP contribution in [0.3, 0.4) is 0 Å². The maximum atomic E-state index is 12.3. The van der Waals surface area contributed by atoms with Gasteiger partial charge >= 0.3 is 5.97 Å². The smallest absolute Gasteiger partial charge is 0.338 e. The predicted molar refractivity (Wildman–Crippen MR) is 95.8 cm³/mol. The Kier molecular flexibility index (Phi) is 6.85. The first kappa shape index (κ1) is 20.0. The Hall–Kier alpha value is -2.28. The highest BCUT2D eigenvalue weighted by atomic mass is 35.5. The number of esters is 1. The van der Waals surface area contributed by atoms with E-state index in [9.17, 15) is 4.79 Å². The highest BCUT2D eigenvalue weighted by Gasteiger charge is 2.18. The van der Waals surface area contributed by atoms with E-state index in [1.807, 2.05) is 27.7 Å². The van der Waals surface area contributed by atoms with Crippen LogP contribution in [-0.2, 0) is 11.3 Å². The van der Waals surface area contributed by atoms with Crippen LogP contribution in [-0.4, -0.2) is 29.8 Å². The standard InChI is InChI=1S/C18H23ClN2O5/c1-10(2)8-24-16-13(19)6-12(7-14(16)23-5)18(22)25-9-15-20-17(11(3)4)21-26-15/h6-7,10-11H,8-9H2,1-5H3. The van der Waals surface area contributed by atoms with Crippen LogP contribution >= 0.6 is 11.6 Å². The van der Waals surface area contributed by atoms with Crippen molar-refractivity contribution in [2.45, 2.75) is 40.2 Å². The average molecular weight is 383 g/mol. The molecule has 142 valence electrons. The molecule has 0 radical (unpaired) electrons. The van der Waals surface area contributed by atoms with Gasteiger partial charge in [-0.1, -0.05) is 44.5 Å². The number of benzene rings is 1. The van der Waals surface area contributed by atoms with Gasteiger partial charge in [0, 0.05) is 5.92 Å². The minimum atomic E-state index is -0.579. The van der Waals surface area contributed by atoms with Crippen molar-refractivity contribution >= 4 is 17.6 Å². The van der Waals surface area contributed by atoms with Crippen LogP contribution in [0, 0.1) is 5.92 Å². The minimum absolute atomic E-state index is 0.121. The summed E-state index contributed by atoms with van der Waals surface area (Å²) in [7, 11) is 1.48. The second-order valence-corrected chi connectivity index (χ2v) is 6.88. The number of carbonyl (C=O) groups is 1. The van der Waals surface area contributed by atoms with Crippen LogP contribution in [0.4, 0.5) is 0 Å². The maximum Gasteiger partial charge on any atom is 0.338 e. The van der Waals surface area contributed by atoms with Gasteiger partial charge in [-0.25, -0.2) is 4.79 Å². The Morgan fingerprint density at radius 2 is 2.00 bits per heavy atom. The lowest BCUT2D eigenvalue weighted by Gasteiger charge is -2.15. The molecule has 2 rings (SSSR count). The molecule has 0 aliphatic rings. The molecule has 0 aliphatic heterocycles. The van der Waals surface area contributed by atoms with E-state index in [0.29, 0.717) is 29.8 Å². The molecule has 0 bridgehead atoms. The predicted octanol–water partition coefficient (Wildman–Crippen LogP) is 4.25. The third-order valence-electron chi connectivity index (χ3n) is 3.35. The zero-order chi connectivity index (χ0) is 19.3. The molecule has 1 heterocycles. The monoisotopic (exact) mass is 382 g/mol. The second kappa shape index (κ2) is 8.89. The summed E-state index contributed by atoms with van der Waals surface area (Å²) in [5, 5.41) is 4.09. The van der Waals surface area contributed by atoms with E-state index in [4.69, 9.17) is 30.3 Å². The van der Waals surface area contributed by atoms with Crippen LogP contribution in [0.5, 0.6) is 11.5 Å². The first-order valence-electron chi connectivity index (χ1n) is 8.31. The van der Waals surface area contributed by atoms with Gasteiger partial charge in [-0.2, -0.15) is 4.98 Å². The molecule has 0 fully saturated rings. The quantitative estimate of drug-likeness (QED) is 0.631. The first-order valence-corrected chi connectivity index (χ1v) is 8.69. The van der Waals surface area contributed by atoms with Crippen molar-refractivity contribution in [2.24, 2.45) is 5.92 Å². The van der Waals surface area contributed by atoms with Crippen LogP contribution in [0.2, 0.25) is 5.02 Å². The summed E-state index contributed by atoms with van der Waals surface area (Å²) in [6.45, 7) is 8.29. The van der Waals surface area contributed by atoms with Crippen LogP contribution in [0.25, 0.3) is 0 Å². The lowest BCUT2D eigenvalue weighted by Crippen LogP contribution is -2.09. The summed E-state index contributed by atoms with van der Waals surface area (Å²) >= 11 is 6.24. The third-order valence-corrected chi connectivity index (χ3v) is 3.63. The Morgan fingerprint density at radius 3 is 2.58 bits per heavy atom. The molecule has 0 saturated heterocycles.